The van der Waals surface area contributed by atoms with Gasteiger partial charge in [0.15, 0.2) is 0 Å². The number of aromatic nitrogens is 4. The Labute approximate surface area is 177 Å². The van der Waals surface area contributed by atoms with E-state index in [1.165, 1.54) is 23.0 Å². The number of halogens is 3. The molecule has 1 aromatic carbocycles. The first kappa shape index (κ1) is 20.0. The molecule has 1 unspecified atom stereocenters. The molecule has 0 spiro atoms. The van der Waals surface area contributed by atoms with Crippen LogP contribution in [0.4, 0.5) is 13.2 Å². The standard InChI is InChI=1S/C22H22F3N5O/c1-12-6-7-29(21(31)14-4-5-15(13-2-3-13)17(23)8-14)10-16(12)19-9-18(20(24)25)28-22-26-11-27-30(19)22/h4-5,8-9,11-13,16,20H,2-3,6-7,10H2,1H3/t12?,16-/m1/s1. The summed E-state index contributed by atoms with van der Waals surface area (Å²) in [6.07, 6.45) is 1.21. The molecule has 2 aromatic heterocycles. The molecule has 1 amide bonds. The van der Waals surface area contributed by atoms with Crippen molar-refractivity contribution in [2.24, 2.45) is 5.92 Å². The number of alkyl halides is 2. The SMILES string of the molecule is CC1CCN(C(=O)c2ccc(C3CC3)c(F)c2)C[C@H]1c1cc(C(F)F)nc2ncnn12. The van der Waals surface area contributed by atoms with Crippen molar-refractivity contribution in [3.8, 4) is 0 Å². The number of nitrogens with zero attached hydrogens (tertiary/aromatic N) is 5. The second kappa shape index (κ2) is 7.62. The van der Waals surface area contributed by atoms with E-state index in [1.807, 2.05) is 6.92 Å². The number of carbonyl (C=O) groups is 1. The molecule has 5 rings (SSSR count). The molecule has 0 radical (unpaired) electrons. The van der Waals surface area contributed by atoms with Crippen molar-refractivity contribution in [1.82, 2.24) is 24.5 Å². The molecule has 1 saturated heterocycles. The van der Waals surface area contributed by atoms with Gasteiger partial charge in [0.2, 0.25) is 0 Å². The molecule has 1 aliphatic heterocycles. The van der Waals surface area contributed by atoms with Crippen molar-refractivity contribution >= 4 is 11.7 Å². The molecule has 2 aliphatic rings. The third-order valence-electron chi connectivity index (χ3n) is 6.41. The fraction of sp³-hybridized carbons (Fsp3) is 0.455. The molecule has 162 valence electrons. The number of rotatable bonds is 4. The number of benzene rings is 1. The average molecular weight is 429 g/mol. The van der Waals surface area contributed by atoms with Crippen molar-refractivity contribution in [3.05, 3.63) is 58.9 Å². The van der Waals surface area contributed by atoms with Crippen LogP contribution in [0.15, 0.2) is 30.6 Å². The third-order valence-corrected chi connectivity index (χ3v) is 6.41. The maximum atomic E-state index is 14.5. The summed E-state index contributed by atoms with van der Waals surface area (Å²) in [6.45, 7) is 2.88. The second-order valence-corrected chi connectivity index (χ2v) is 8.51. The van der Waals surface area contributed by atoms with Gasteiger partial charge in [-0.15, -0.1) is 0 Å². The summed E-state index contributed by atoms with van der Waals surface area (Å²) >= 11 is 0. The lowest BCUT2D eigenvalue weighted by Gasteiger charge is -2.37. The fourth-order valence-electron chi connectivity index (χ4n) is 4.44. The first-order valence-electron chi connectivity index (χ1n) is 10.5. The molecule has 2 fully saturated rings. The Morgan fingerprint density at radius 3 is 2.71 bits per heavy atom. The van der Waals surface area contributed by atoms with E-state index in [9.17, 15) is 18.0 Å². The average Bonchev–Trinajstić information content (AvgIpc) is 3.48. The van der Waals surface area contributed by atoms with Crippen LogP contribution in [0, 0.1) is 11.7 Å². The van der Waals surface area contributed by atoms with Gasteiger partial charge < -0.3 is 4.90 Å². The molecule has 3 heterocycles. The number of amides is 1. The molecule has 0 bridgehead atoms. The van der Waals surface area contributed by atoms with Crippen LogP contribution in [0.3, 0.4) is 0 Å². The minimum atomic E-state index is -2.73. The molecule has 9 heteroatoms. The van der Waals surface area contributed by atoms with E-state index in [0.717, 1.165) is 12.8 Å². The topological polar surface area (TPSA) is 63.4 Å². The summed E-state index contributed by atoms with van der Waals surface area (Å²) in [6, 6.07) is 6.07. The zero-order valence-electron chi connectivity index (χ0n) is 17.0. The minimum Gasteiger partial charge on any atom is -0.338 e. The van der Waals surface area contributed by atoms with Crippen molar-refractivity contribution in [2.45, 2.75) is 44.4 Å². The van der Waals surface area contributed by atoms with Crippen LogP contribution in [0.25, 0.3) is 5.78 Å². The molecule has 1 aliphatic carbocycles. The Kier molecular flexibility index (Phi) is 4.91. The number of hydrogen-bond donors (Lipinski definition) is 0. The van der Waals surface area contributed by atoms with E-state index in [1.54, 1.807) is 17.0 Å². The summed E-state index contributed by atoms with van der Waals surface area (Å²) in [5.74, 6) is -0.297. The van der Waals surface area contributed by atoms with Crippen molar-refractivity contribution in [3.63, 3.8) is 0 Å². The summed E-state index contributed by atoms with van der Waals surface area (Å²) in [7, 11) is 0. The Bertz CT molecular complexity index is 1140. The maximum Gasteiger partial charge on any atom is 0.280 e. The van der Waals surface area contributed by atoms with Gasteiger partial charge in [0, 0.05) is 24.6 Å². The number of carbonyl (C=O) groups excluding carboxylic acids is 1. The molecular weight excluding hydrogens is 407 g/mol. The highest BCUT2D eigenvalue weighted by Gasteiger charge is 2.34. The van der Waals surface area contributed by atoms with Gasteiger partial charge in [0.1, 0.15) is 17.8 Å². The summed E-state index contributed by atoms with van der Waals surface area (Å²) in [4.78, 5) is 22.6. The molecule has 31 heavy (non-hydrogen) atoms. The van der Waals surface area contributed by atoms with E-state index in [0.29, 0.717) is 36.3 Å². The monoisotopic (exact) mass is 429 g/mol. The Hall–Kier alpha value is -2.97. The van der Waals surface area contributed by atoms with E-state index < -0.39 is 6.43 Å². The van der Waals surface area contributed by atoms with Crippen LogP contribution in [-0.2, 0) is 0 Å². The van der Waals surface area contributed by atoms with Gasteiger partial charge in [-0.2, -0.15) is 10.1 Å². The predicted octanol–water partition coefficient (Wildman–Crippen LogP) is 4.34. The number of fused-ring (bicyclic) bond motifs is 1. The van der Waals surface area contributed by atoms with Crippen LogP contribution < -0.4 is 0 Å². The van der Waals surface area contributed by atoms with Gasteiger partial charge in [0.25, 0.3) is 18.1 Å². The van der Waals surface area contributed by atoms with E-state index in [2.05, 4.69) is 15.1 Å². The predicted molar refractivity (Wildman–Crippen MR) is 107 cm³/mol. The van der Waals surface area contributed by atoms with E-state index in [-0.39, 0.29) is 40.9 Å². The van der Waals surface area contributed by atoms with Crippen molar-refractivity contribution in [2.75, 3.05) is 13.1 Å². The van der Waals surface area contributed by atoms with Gasteiger partial charge in [-0.25, -0.2) is 22.7 Å². The molecule has 1 saturated carbocycles. The molecule has 3 aromatic rings. The number of hydrogen-bond acceptors (Lipinski definition) is 4. The maximum absolute atomic E-state index is 14.5. The lowest BCUT2D eigenvalue weighted by Crippen LogP contribution is -2.42. The summed E-state index contributed by atoms with van der Waals surface area (Å²) in [5, 5.41) is 4.15. The number of piperidine rings is 1. The number of likely N-dealkylation sites (tertiary alicyclic amines) is 1. The zero-order chi connectivity index (χ0) is 21.7. The third kappa shape index (κ3) is 3.66. The van der Waals surface area contributed by atoms with Crippen molar-refractivity contribution < 1.29 is 18.0 Å². The van der Waals surface area contributed by atoms with Gasteiger partial charge in [-0.05, 0) is 54.9 Å². The second-order valence-electron chi connectivity index (χ2n) is 8.51. The quantitative estimate of drug-likeness (QED) is 0.619. The van der Waals surface area contributed by atoms with E-state index >= 15 is 0 Å². The molecule has 2 atom stereocenters. The highest BCUT2D eigenvalue weighted by Crippen LogP contribution is 2.41. The van der Waals surface area contributed by atoms with Crippen LogP contribution in [0.2, 0.25) is 0 Å². The Morgan fingerprint density at radius 2 is 2.00 bits per heavy atom. The lowest BCUT2D eigenvalue weighted by atomic mass is 9.84. The van der Waals surface area contributed by atoms with Crippen LogP contribution in [0.5, 0.6) is 0 Å². The van der Waals surface area contributed by atoms with Gasteiger partial charge in [-0.1, -0.05) is 13.0 Å². The van der Waals surface area contributed by atoms with Gasteiger partial charge in [0.05, 0.1) is 5.69 Å². The van der Waals surface area contributed by atoms with E-state index in [4.69, 9.17) is 0 Å². The molecule has 0 N–H and O–H groups in total. The van der Waals surface area contributed by atoms with Gasteiger partial charge >= 0.3 is 0 Å². The Balaban J connectivity index is 1.44. The molecule has 6 nitrogen and oxygen atoms in total. The lowest BCUT2D eigenvalue weighted by molar-refractivity contribution is 0.0665. The van der Waals surface area contributed by atoms with Crippen LogP contribution >= 0.6 is 0 Å². The first-order chi connectivity index (χ1) is 14.9. The van der Waals surface area contributed by atoms with Gasteiger partial charge in [-0.3, -0.25) is 4.79 Å². The highest BCUT2D eigenvalue weighted by molar-refractivity contribution is 5.94. The summed E-state index contributed by atoms with van der Waals surface area (Å²) in [5.41, 5.74) is 1.18. The zero-order valence-corrected chi connectivity index (χ0v) is 17.0. The smallest absolute Gasteiger partial charge is 0.280 e. The minimum absolute atomic E-state index is 0.112. The largest absolute Gasteiger partial charge is 0.338 e. The fourth-order valence-corrected chi connectivity index (χ4v) is 4.44. The molecular formula is C22H22F3N5O. The van der Waals surface area contributed by atoms with Crippen LogP contribution in [-0.4, -0.2) is 43.5 Å². The Morgan fingerprint density at radius 1 is 1.19 bits per heavy atom. The van der Waals surface area contributed by atoms with Crippen molar-refractivity contribution in [1.29, 1.82) is 0 Å². The normalized spacial score (nSPS) is 21.8. The van der Waals surface area contributed by atoms with Crippen LogP contribution in [0.1, 0.15) is 71.8 Å². The highest BCUT2D eigenvalue weighted by atomic mass is 19.3. The summed E-state index contributed by atoms with van der Waals surface area (Å²) < 4.78 is 42.7. The first-order valence-corrected chi connectivity index (χ1v) is 10.5.